The van der Waals surface area contributed by atoms with E-state index < -0.39 is 6.03 Å². The van der Waals surface area contributed by atoms with Gasteiger partial charge in [-0.25, -0.2) is 4.79 Å². The van der Waals surface area contributed by atoms with Gasteiger partial charge in [0.05, 0.1) is 0 Å². The van der Waals surface area contributed by atoms with Crippen molar-refractivity contribution in [3.05, 3.63) is 29.3 Å². The summed E-state index contributed by atoms with van der Waals surface area (Å²) in [5, 5.41) is 2.05. The maximum Gasteiger partial charge on any atom is 0.318 e. The highest BCUT2D eigenvalue weighted by Gasteiger charge is 2.04. The molecule has 1 rings (SSSR count). The van der Waals surface area contributed by atoms with Gasteiger partial charge in [0, 0.05) is 11.3 Å². The third-order valence-electron chi connectivity index (χ3n) is 2.41. The molecule has 0 aliphatic rings. The fourth-order valence-electron chi connectivity index (χ4n) is 1.48. The quantitative estimate of drug-likeness (QED) is 0.635. The zero-order valence-electron chi connectivity index (χ0n) is 10.7. The van der Waals surface area contributed by atoms with Crippen LogP contribution in [0, 0.1) is 13.8 Å². The third kappa shape index (κ3) is 5.23. The Morgan fingerprint density at radius 2 is 2.06 bits per heavy atom. The number of hydrogen-bond acceptors (Lipinski definition) is 3. The maximum absolute atomic E-state index is 11.2. The Hall–Kier alpha value is -1.49. The largest absolute Gasteiger partial charge is 0.351 e. The molecule has 0 atom stereocenters. The van der Waals surface area contributed by atoms with Gasteiger partial charge < -0.3 is 5.73 Å². The highest BCUT2D eigenvalue weighted by molar-refractivity contribution is 7.99. The Morgan fingerprint density at radius 1 is 1.33 bits per heavy atom. The predicted octanol–water partition coefficient (Wildman–Crippen LogP) is 2.37. The molecule has 0 aliphatic carbocycles. The standard InChI is InChI=1S/C13H18N2O2S/c1-9-5-6-10(2)11(8-9)18-7-3-4-12(16)15-13(14)17/h5-6,8H,3-4,7H2,1-2H3,(H3,14,15,16,17). The van der Waals surface area contributed by atoms with Gasteiger partial charge in [0.2, 0.25) is 5.91 Å². The summed E-state index contributed by atoms with van der Waals surface area (Å²) >= 11 is 1.73. The van der Waals surface area contributed by atoms with Crippen molar-refractivity contribution in [1.29, 1.82) is 0 Å². The van der Waals surface area contributed by atoms with E-state index in [2.05, 4.69) is 37.4 Å². The topological polar surface area (TPSA) is 72.2 Å². The Bertz CT molecular complexity index is 447. The average Bonchev–Trinajstić information content (AvgIpc) is 2.28. The molecule has 0 aromatic heterocycles. The van der Waals surface area contributed by atoms with Crippen LogP contribution < -0.4 is 11.1 Å². The summed E-state index contributed by atoms with van der Waals surface area (Å²) in [6.45, 7) is 4.13. The highest BCUT2D eigenvalue weighted by Crippen LogP contribution is 2.24. The number of imide groups is 1. The second kappa shape index (κ2) is 7.06. The van der Waals surface area contributed by atoms with Gasteiger partial charge in [-0.05, 0) is 37.7 Å². The van der Waals surface area contributed by atoms with Crippen LogP contribution in [0.4, 0.5) is 4.79 Å². The third-order valence-corrected chi connectivity index (χ3v) is 3.66. The molecule has 1 aromatic rings. The van der Waals surface area contributed by atoms with Gasteiger partial charge in [-0.15, -0.1) is 11.8 Å². The molecule has 0 aliphatic heterocycles. The fourth-order valence-corrected chi connectivity index (χ4v) is 2.55. The van der Waals surface area contributed by atoms with Crippen molar-refractivity contribution in [1.82, 2.24) is 5.32 Å². The van der Waals surface area contributed by atoms with Crippen LogP contribution in [0.25, 0.3) is 0 Å². The molecule has 98 valence electrons. The maximum atomic E-state index is 11.2. The van der Waals surface area contributed by atoms with Crippen molar-refractivity contribution >= 4 is 23.7 Å². The van der Waals surface area contributed by atoms with Crippen LogP contribution in [0.2, 0.25) is 0 Å². The van der Waals surface area contributed by atoms with E-state index in [1.165, 1.54) is 16.0 Å². The minimum absolute atomic E-state index is 0.316. The van der Waals surface area contributed by atoms with E-state index in [4.69, 9.17) is 5.73 Å². The minimum atomic E-state index is -0.790. The number of aryl methyl sites for hydroxylation is 2. The summed E-state index contributed by atoms with van der Waals surface area (Å²) in [4.78, 5) is 22.8. The van der Waals surface area contributed by atoms with Crippen LogP contribution in [0.15, 0.2) is 23.1 Å². The van der Waals surface area contributed by atoms with E-state index in [9.17, 15) is 9.59 Å². The second-order valence-corrected chi connectivity index (χ2v) is 5.27. The summed E-state index contributed by atoms with van der Waals surface area (Å²) in [5.74, 6) is 0.528. The normalized spacial score (nSPS) is 10.1. The lowest BCUT2D eigenvalue weighted by Crippen LogP contribution is -2.34. The number of primary amides is 1. The van der Waals surface area contributed by atoms with Crippen molar-refractivity contribution < 1.29 is 9.59 Å². The summed E-state index contributed by atoms with van der Waals surface area (Å²) in [6.07, 6.45) is 1.04. The van der Waals surface area contributed by atoms with Crippen molar-refractivity contribution in [3.8, 4) is 0 Å². The first-order valence-electron chi connectivity index (χ1n) is 5.78. The lowest BCUT2D eigenvalue weighted by molar-refractivity contribution is -0.119. The molecule has 1 aromatic carbocycles. The zero-order valence-corrected chi connectivity index (χ0v) is 11.5. The molecule has 0 heterocycles. The molecular formula is C13H18N2O2S. The van der Waals surface area contributed by atoms with E-state index in [1.807, 2.05) is 0 Å². The molecule has 5 heteroatoms. The Kier molecular flexibility index (Phi) is 5.71. The summed E-state index contributed by atoms with van der Waals surface area (Å²) in [5.41, 5.74) is 7.32. The van der Waals surface area contributed by atoms with Gasteiger partial charge in [-0.2, -0.15) is 0 Å². The molecule has 0 fully saturated rings. The Morgan fingerprint density at radius 3 is 2.72 bits per heavy atom. The lowest BCUT2D eigenvalue weighted by atomic mass is 10.2. The molecule has 0 radical (unpaired) electrons. The second-order valence-electron chi connectivity index (χ2n) is 4.13. The molecule has 0 bridgehead atoms. The highest BCUT2D eigenvalue weighted by atomic mass is 32.2. The monoisotopic (exact) mass is 266 g/mol. The smallest absolute Gasteiger partial charge is 0.318 e. The van der Waals surface area contributed by atoms with Crippen molar-refractivity contribution in [2.24, 2.45) is 5.73 Å². The van der Waals surface area contributed by atoms with Gasteiger partial charge in [-0.3, -0.25) is 10.1 Å². The first kappa shape index (κ1) is 14.6. The first-order valence-corrected chi connectivity index (χ1v) is 6.77. The van der Waals surface area contributed by atoms with Crippen LogP contribution in [-0.4, -0.2) is 17.7 Å². The first-order chi connectivity index (χ1) is 8.49. The van der Waals surface area contributed by atoms with Crippen molar-refractivity contribution in [2.75, 3.05) is 5.75 Å². The molecule has 18 heavy (non-hydrogen) atoms. The minimum Gasteiger partial charge on any atom is -0.351 e. The van der Waals surface area contributed by atoms with Crippen LogP contribution in [0.1, 0.15) is 24.0 Å². The van der Waals surface area contributed by atoms with Gasteiger partial charge in [-0.1, -0.05) is 17.7 Å². The van der Waals surface area contributed by atoms with Gasteiger partial charge >= 0.3 is 6.03 Å². The van der Waals surface area contributed by atoms with Gasteiger partial charge in [0.15, 0.2) is 0 Å². The van der Waals surface area contributed by atoms with E-state index in [0.717, 1.165) is 12.2 Å². The number of amides is 3. The lowest BCUT2D eigenvalue weighted by Gasteiger charge is -2.06. The number of rotatable bonds is 5. The molecule has 0 spiro atoms. The molecule has 3 amide bonds. The molecule has 0 unspecified atom stereocenters. The van der Waals surface area contributed by atoms with Crippen molar-refractivity contribution in [2.45, 2.75) is 31.6 Å². The average molecular weight is 266 g/mol. The zero-order chi connectivity index (χ0) is 13.5. The number of benzene rings is 1. The predicted molar refractivity (Wildman–Crippen MR) is 73.6 cm³/mol. The van der Waals surface area contributed by atoms with Crippen LogP contribution >= 0.6 is 11.8 Å². The molecule has 4 nitrogen and oxygen atoms in total. The number of thioether (sulfide) groups is 1. The van der Waals surface area contributed by atoms with Gasteiger partial charge in [0.1, 0.15) is 0 Å². The van der Waals surface area contributed by atoms with Gasteiger partial charge in [0.25, 0.3) is 0 Å². The van der Waals surface area contributed by atoms with Crippen LogP contribution in [0.5, 0.6) is 0 Å². The van der Waals surface area contributed by atoms with Crippen LogP contribution in [0.3, 0.4) is 0 Å². The molecule has 0 saturated heterocycles. The number of carbonyl (C=O) groups is 2. The number of nitrogens with two attached hydrogens (primary N) is 1. The summed E-state index contributed by atoms with van der Waals surface area (Å²) in [7, 11) is 0. The molecular weight excluding hydrogens is 248 g/mol. The van der Waals surface area contributed by atoms with E-state index in [-0.39, 0.29) is 5.91 Å². The number of hydrogen-bond donors (Lipinski definition) is 2. The molecule has 3 N–H and O–H groups in total. The summed E-state index contributed by atoms with van der Waals surface area (Å²) < 4.78 is 0. The van der Waals surface area contributed by atoms with E-state index in [1.54, 1.807) is 11.8 Å². The number of urea groups is 1. The Labute approximate surface area is 111 Å². The Balaban J connectivity index is 2.31. The van der Waals surface area contributed by atoms with E-state index >= 15 is 0 Å². The SMILES string of the molecule is Cc1ccc(C)c(SCCCC(=O)NC(N)=O)c1. The number of nitrogens with one attached hydrogen (secondary N) is 1. The fraction of sp³-hybridized carbons (Fsp3) is 0.385. The van der Waals surface area contributed by atoms with E-state index in [0.29, 0.717) is 6.42 Å². The van der Waals surface area contributed by atoms with Crippen LogP contribution in [-0.2, 0) is 4.79 Å². The van der Waals surface area contributed by atoms with Crippen molar-refractivity contribution in [3.63, 3.8) is 0 Å². The summed E-state index contributed by atoms with van der Waals surface area (Å²) in [6, 6.07) is 5.53. The molecule has 0 saturated carbocycles. The number of carbonyl (C=O) groups excluding carboxylic acids is 2.